The highest BCUT2D eigenvalue weighted by Crippen LogP contribution is 2.19. The maximum Gasteiger partial charge on any atom is 0.261 e. The van der Waals surface area contributed by atoms with Crippen LogP contribution in [0.2, 0.25) is 0 Å². The monoisotopic (exact) mass is 371 g/mol. The van der Waals surface area contributed by atoms with Gasteiger partial charge in [-0.2, -0.15) is 0 Å². The lowest BCUT2D eigenvalue weighted by atomic mass is 10.2. The van der Waals surface area contributed by atoms with Crippen LogP contribution in [0.25, 0.3) is 5.69 Å². The Labute approximate surface area is 154 Å². The molecule has 2 heterocycles. The van der Waals surface area contributed by atoms with Gasteiger partial charge in [0.2, 0.25) is 5.91 Å². The number of nitrogens with one attached hydrogen (secondary N) is 2. The van der Waals surface area contributed by atoms with E-state index in [0.717, 1.165) is 5.69 Å². The van der Waals surface area contributed by atoms with Crippen molar-refractivity contribution in [3.63, 3.8) is 0 Å². The lowest BCUT2D eigenvalue weighted by Gasteiger charge is -2.10. The number of carbonyl (C=O) groups excluding carboxylic acids is 2. The zero-order chi connectivity index (χ0) is 18.4. The van der Waals surface area contributed by atoms with Gasteiger partial charge in [-0.3, -0.25) is 9.59 Å². The smallest absolute Gasteiger partial charge is 0.261 e. The van der Waals surface area contributed by atoms with Crippen LogP contribution in [-0.4, -0.2) is 22.9 Å². The SMILES string of the molecule is O=C(CCCNC(=O)c1cccs1)Nc1cc(-n2cccc2)ccc1F. The van der Waals surface area contributed by atoms with Gasteiger partial charge >= 0.3 is 0 Å². The summed E-state index contributed by atoms with van der Waals surface area (Å²) < 4.78 is 15.8. The summed E-state index contributed by atoms with van der Waals surface area (Å²) in [6, 6.07) is 11.8. The van der Waals surface area contributed by atoms with Gasteiger partial charge in [0.05, 0.1) is 10.6 Å². The molecule has 0 saturated heterocycles. The van der Waals surface area contributed by atoms with Crippen molar-refractivity contribution in [1.29, 1.82) is 0 Å². The molecule has 2 N–H and O–H groups in total. The second-order valence-corrected chi connectivity index (χ2v) is 6.59. The molecule has 26 heavy (non-hydrogen) atoms. The maximum absolute atomic E-state index is 13.9. The van der Waals surface area contributed by atoms with Crippen LogP contribution in [0.15, 0.2) is 60.2 Å². The molecule has 2 aromatic heterocycles. The van der Waals surface area contributed by atoms with E-state index in [4.69, 9.17) is 0 Å². The number of anilines is 1. The molecule has 0 aliphatic rings. The van der Waals surface area contributed by atoms with Gasteiger partial charge in [-0.15, -0.1) is 11.3 Å². The molecule has 2 amide bonds. The van der Waals surface area contributed by atoms with Gasteiger partial charge in [-0.25, -0.2) is 4.39 Å². The summed E-state index contributed by atoms with van der Waals surface area (Å²) in [5.74, 6) is -0.926. The number of nitrogens with zero attached hydrogens (tertiary/aromatic N) is 1. The van der Waals surface area contributed by atoms with Crippen LogP contribution >= 0.6 is 11.3 Å². The first kappa shape index (κ1) is 17.9. The van der Waals surface area contributed by atoms with E-state index in [1.807, 2.05) is 40.5 Å². The number of hydrogen-bond donors (Lipinski definition) is 2. The minimum absolute atomic E-state index is 0.142. The molecule has 0 radical (unpaired) electrons. The zero-order valence-corrected chi connectivity index (χ0v) is 14.8. The Hall–Kier alpha value is -2.93. The third kappa shape index (κ3) is 4.58. The van der Waals surface area contributed by atoms with Gasteiger partial charge in [-0.1, -0.05) is 6.07 Å². The van der Waals surface area contributed by atoms with Crippen LogP contribution < -0.4 is 10.6 Å². The van der Waals surface area contributed by atoms with Crippen LogP contribution in [-0.2, 0) is 4.79 Å². The van der Waals surface area contributed by atoms with Gasteiger partial charge in [-0.05, 0) is 48.2 Å². The highest BCUT2D eigenvalue weighted by Gasteiger charge is 2.10. The summed E-state index contributed by atoms with van der Waals surface area (Å²) in [4.78, 5) is 24.5. The molecule has 0 atom stereocenters. The molecule has 0 aliphatic carbocycles. The van der Waals surface area contributed by atoms with Crippen molar-refractivity contribution >= 4 is 28.8 Å². The highest BCUT2D eigenvalue weighted by atomic mass is 32.1. The maximum atomic E-state index is 13.9. The second kappa shape index (κ2) is 8.44. The average Bonchev–Trinajstić information content (AvgIpc) is 3.34. The van der Waals surface area contributed by atoms with Crippen molar-refractivity contribution in [1.82, 2.24) is 9.88 Å². The van der Waals surface area contributed by atoms with Crippen molar-refractivity contribution in [3.8, 4) is 5.69 Å². The van der Waals surface area contributed by atoms with Crippen LogP contribution in [0.1, 0.15) is 22.5 Å². The molecule has 0 saturated carbocycles. The van der Waals surface area contributed by atoms with E-state index in [0.29, 0.717) is 17.8 Å². The summed E-state index contributed by atoms with van der Waals surface area (Å²) in [6.07, 6.45) is 4.35. The number of carbonyl (C=O) groups is 2. The molecule has 3 rings (SSSR count). The normalized spacial score (nSPS) is 10.5. The summed E-state index contributed by atoms with van der Waals surface area (Å²) >= 11 is 1.36. The van der Waals surface area contributed by atoms with Crippen molar-refractivity contribution in [2.45, 2.75) is 12.8 Å². The highest BCUT2D eigenvalue weighted by molar-refractivity contribution is 7.12. The fourth-order valence-electron chi connectivity index (χ4n) is 2.43. The molecular weight excluding hydrogens is 353 g/mol. The molecule has 5 nitrogen and oxygen atoms in total. The number of aromatic nitrogens is 1. The van der Waals surface area contributed by atoms with Gasteiger partial charge in [0.15, 0.2) is 0 Å². The third-order valence-corrected chi connectivity index (χ3v) is 4.61. The Morgan fingerprint density at radius 2 is 1.92 bits per heavy atom. The molecule has 0 spiro atoms. The minimum Gasteiger partial charge on any atom is -0.351 e. The first-order valence-corrected chi connectivity index (χ1v) is 9.06. The van der Waals surface area contributed by atoms with Crippen LogP contribution in [0, 0.1) is 5.82 Å². The number of hydrogen-bond acceptors (Lipinski definition) is 3. The zero-order valence-electron chi connectivity index (χ0n) is 13.9. The molecule has 134 valence electrons. The first-order chi connectivity index (χ1) is 12.6. The minimum atomic E-state index is -0.486. The van der Waals surface area contributed by atoms with E-state index in [2.05, 4.69) is 10.6 Å². The number of rotatable bonds is 7. The summed E-state index contributed by atoms with van der Waals surface area (Å²) in [5, 5.41) is 7.18. The van der Waals surface area contributed by atoms with Gasteiger partial charge < -0.3 is 15.2 Å². The Balaban J connectivity index is 1.49. The van der Waals surface area contributed by atoms with E-state index in [1.54, 1.807) is 18.2 Å². The number of amides is 2. The Morgan fingerprint density at radius 3 is 2.65 bits per heavy atom. The van der Waals surface area contributed by atoms with Crippen molar-refractivity contribution in [3.05, 3.63) is 70.9 Å². The van der Waals surface area contributed by atoms with E-state index in [-0.39, 0.29) is 23.9 Å². The lowest BCUT2D eigenvalue weighted by molar-refractivity contribution is -0.116. The Bertz CT molecular complexity index is 876. The molecule has 7 heteroatoms. The average molecular weight is 371 g/mol. The Kier molecular flexibility index (Phi) is 5.80. The van der Waals surface area contributed by atoms with Crippen LogP contribution in [0.5, 0.6) is 0 Å². The van der Waals surface area contributed by atoms with Crippen LogP contribution in [0.3, 0.4) is 0 Å². The van der Waals surface area contributed by atoms with E-state index in [1.165, 1.54) is 17.4 Å². The quantitative estimate of drug-likeness (QED) is 0.620. The number of thiophene rings is 1. The standard InChI is InChI=1S/C19H18FN3O2S/c20-15-8-7-14(23-10-1-2-11-23)13-16(15)22-18(24)6-3-9-21-19(25)17-5-4-12-26-17/h1-2,4-5,7-8,10-13H,3,6,9H2,(H,21,25)(H,22,24). The number of halogens is 1. The molecular formula is C19H18FN3O2S. The van der Waals surface area contributed by atoms with Crippen molar-refractivity contribution in [2.75, 3.05) is 11.9 Å². The predicted molar refractivity (Wildman–Crippen MR) is 100 cm³/mol. The van der Waals surface area contributed by atoms with Crippen molar-refractivity contribution < 1.29 is 14.0 Å². The van der Waals surface area contributed by atoms with E-state index < -0.39 is 5.82 Å². The number of benzene rings is 1. The van der Waals surface area contributed by atoms with Gasteiger partial charge in [0.1, 0.15) is 5.82 Å². The second-order valence-electron chi connectivity index (χ2n) is 5.64. The fourth-order valence-corrected chi connectivity index (χ4v) is 3.07. The summed E-state index contributed by atoms with van der Waals surface area (Å²) in [7, 11) is 0. The summed E-state index contributed by atoms with van der Waals surface area (Å²) in [6.45, 7) is 0.385. The molecule has 0 aliphatic heterocycles. The van der Waals surface area contributed by atoms with E-state index in [9.17, 15) is 14.0 Å². The molecule has 0 bridgehead atoms. The molecule has 1 aromatic carbocycles. The first-order valence-electron chi connectivity index (χ1n) is 8.18. The third-order valence-electron chi connectivity index (χ3n) is 3.74. The fraction of sp³-hybridized carbons (Fsp3) is 0.158. The van der Waals surface area contributed by atoms with Gasteiger partial charge in [0, 0.05) is 31.0 Å². The van der Waals surface area contributed by atoms with Gasteiger partial charge in [0.25, 0.3) is 5.91 Å². The van der Waals surface area contributed by atoms with Crippen LogP contribution in [0.4, 0.5) is 10.1 Å². The largest absolute Gasteiger partial charge is 0.351 e. The predicted octanol–water partition coefficient (Wildman–Crippen LogP) is 3.83. The topological polar surface area (TPSA) is 63.1 Å². The lowest BCUT2D eigenvalue weighted by Crippen LogP contribution is -2.24. The molecule has 0 fully saturated rings. The molecule has 3 aromatic rings. The van der Waals surface area contributed by atoms with E-state index >= 15 is 0 Å². The summed E-state index contributed by atoms with van der Waals surface area (Å²) in [5.41, 5.74) is 0.902. The molecule has 0 unspecified atom stereocenters. The Morgan fingerprint density at radius 1 is 1.12 bits per heavy atom. The van der Waals surface area contributed by atoms with Crippen molar-refractivity contribution in [2.24, 2.45) is 0 Å².